The van der Waals surface area contributed by atoms with Gasteiger partial charge in [0.25, 0.3) is 5.91 Å². The maximum Gasteiger partial charge on any atom is 0.291 e. The van der Waals surface area contributed by atoms with Crippen LogP contribution < -0.4 is 14.8 Å². The Labute approximate surface area is 180 Å². The molecule has 7 nitrogen and oxygen atoms in total. The quantitative estimate of drug-likeness (QED) is 0.432. The molecule has 2 heterocycles. The molecule has 31 heavy (non-hydrogen) atoms. The second kappa shape index (κ2) is 9.67. The Balaban J connectivity index is 1.28. The Morgan fingerprint density at radius 3 is 2.58 bits per heavy atom. The van der Waals surface area contributed by atoms with Crippen LogP contribution in [0.25, 0.3) is 0 Å². The minimum atomic E-state index is -0.335. The summed E-state index contributed by atoms with van der Waals surface area (Å²) < 4.78 is 18.2. The average Bonchev–Trinajstić information content (AvgIpc) is 3.47. The molecule has 0 atom stereocenters. The van der Waals surface area contributed by atoms with Crippen LogP contribution in [0.2, 0.25) is 0 Å². The molecule has 1 amide bonds. The molecule has 0 saturated carbocycles. The van der Waals surface area contributed by atoms with Crippen molar-refractivity contribution in [2.45, 2.75) is 19.6 Å². The van der Waals surface area contributed by atoms with Crippen LogP contribution in [0.5, 0.6) is 11.5 Å². The van der Waals surface area contributed by atoms with Crippen LogP contribution in [0.1, 0.15) is 21.9 Å². The Bertz CT molecular complexity index is 1120. The summed E-state index contributed by atoms with van der Waals surface area (Å²) in [6, 6.07) is 20.8. The summed E-state index contributed by atoms with van der Waals surface area (Å²) >= 11 is 0. The van der Waals surface area contributed by atoms with Crippen LogP contribution in [0.4, 0.5) is 5.69 Å². The zero-order valence-electron chi connectivity index (χ0n) is 17.2. The number of aryl methyl sites for hydroxylation is 2. The molecule has 7 heteroatoms. The van der Waals surface area contributed by atoms with Crippen LogP contribution in [0, 0.1) is 0 Å². The van der Waals surface area contributed by atoms with Crippen molar-refractivity contribution in [1.29, 1.82) is 0 Å². The molecule has 4 aromatic rings. The number of hydrogen-bond donors (Lipinski definition) is 1. The molecule has 0 radical (unpaired) electrons. The van der Waals surface area contributed by atoms with E-state index in [0.29, 0.717) is 17.2 Å². The van der Waals surface area contributed by atoms with E-state index in [4.69, 9.17) is 13.9 Å². The van der Waals surface area contributed by atoms with E-state index in [1.54, 1.807) is 36.3 Å². The van der Waals surface area contributed by atoms with E-state index >= 15 is 0 Å². The molecule has 2 aromatic carbocycles. The SMILES string of the molecule is COc1ccc(OCc2ccc(C(=O)Nc3cnn(CCc4ccccc4)c3)o2)cc1. The zero-order chi connectivity index (χ0) is 21.5. The second-order valence-electron chi connectivity index (χ2n) is 6.91. The lowest BCUT2D eigenvalue weighted by atomic mass is 10.1. The van der Waals surface area contributed by atoms with Gasteiger partial charge in [0, 0.05) is 12.7 Å². The van der Waals surface area contributed by atoms with Gasteiger partial charge in [-0.1, -0.05) is 30.3 Å². The van der Waals surface area contributed by atoms with Crippen molar-refractivity contribution < 1.29 is 18.7 Å². The van der Waals surface area contributed by atoms with Gasteiger partial charge in [-0.15, -0.1) is 0 Å². The minimum Gasteiger partial charge on any atom is -0.497 e. The van der Waals surface area contributed by atoms with Crippen LogP contribution in [-0.2, 0) is 19.6 Å². The summed E-state index contributed by atoms with van der Waals surface area (Å²) in [7, 11) is 1.61. The predicted molar refractivity (Wildman–Crippen MR) is 116 cm³/mol. The van der Waals surface area contributed by atoms with Crippen LogP contribution in [0.15, 0.2) is 83.5 Å². The Kier molecular flexibility index (Phi) is 6.32. The molecule has 0 aliphatic rings. The fraction of sp³-hybridized carbons (Fsp3) is 0.167. The summed E-state index contributed by atoms with van der Waals surface area (Å²) in [4.78, 5) is 12.5. The van der Waals surface area contributed by atoms with Crippen molar-refractivity contribution in [3.8, 4) is 11.5 Å². The molecule has 0 spiro atoms. The highest BCUT2D eigenvalue weighted by Crippen LogP contribution is 2.19. The highest BCUT2D eigenvalue weighted by molar-refractivity contribution is 6.02. The number of furan rings is 1. The van der Waals surface area contributed by atoms with Gasteiger partial charge in [0.1, 0.15) is 23.9 Å². The molecule has 0 unspecified atom stereocenters. The number of aromatic nitrogens is 2. The number of methoxy groups -OCH3 is 1. The predicted octanol–water partition coefficient (Wildman–Crippen LogP) is 4.56. The maximum atomic E-state index is 12.5. The third-order valence-electron chi connectivity index (χ3n) is 4.69. The number of benzene rings is 2. The second-order valence-corrected chi connectivity index (χ2v) is 6.91. The van der Waals surface area contributed by atoms with E-state index < -0.39 is 0 Å². The smallest absolute Gasteiger partial charge is 0.291 e. The molecule has 0 saturated heterocycles. The highest BCUT2D eigenvalue weighted by atomic mass is 16.5. The van der Waals surface area contributed by atoms with Crippen molar-refractivity contribution in [3.63, 3.8) is 0 Å². The van der Waals surface area contributed by atoms with Crippen molar-refractivity contribution >= 4 is 11.6 Å². The summed E-state index contributed by atoms with van der Waals surface area (Å²) in [6.45, 7) is 0.949. The van der Waals surface area contributed by atoms with Crippen LogP contribution in [0.3, 0.4) is 0 Å². The van der Waals surface area contributed by atoms with Gasteiger partial charge in [-0.25, -0.2) is 0 Å². The van der Waals surface area contributed by atoms with E-state index in [1.165, 1.54) is 5.56 Å². The van der Waals surface area contributed by atoms with Gasteiger partial charge < -0.3 is 19.2 Å². The summed E-state index contributed by atoms with van der Waals surface area (Å²) in [6.07, 6.45) is 4.29. The average molecular weight is 417 g/mol. The largest absolute Gasteiger partial charge is 0.497 e. The number of rotatable bonds is 9. The number of amides is 1. The first-order valence-corrected chi connectivity index (χ1v) is 9.93. The standard InChI is InChI=1S/C24H23N3O4/c1-29-20-7-9-21(10-8-20)30-17-22-11-12-23(31-22)24(28)26-19-15-25-27(16-19)14-13-18-5-3-2-4-6-18/h2-12,15-16H,13-14,17H2,1H3,(H,26,28). The van der Waals surface area contributed by atoms with E-state index in [1.807, 2.05) is 42.5 Å². The lowest BCUT2D eigenvalue weighted by molar-refractivity contribution is 0.0992. The van der Waals surface area contributed by atoms with Gasteiger partial charge in [-0.05, 0) is 48.4 Å². The number of hydrogen-bond acceptors (Lipinski definition) is 5. The number of anilines is 1. The third-order valence-corrected chi connectivity index (χ3v) is 4.69. The summed E-state index contributed by atoms with van der Waals surface area (Å²) in [5.41, 5.74) is 1.86. The first-order valence-electron chi connectivity index (χ1n) is 9.93. The lowest BCUT2D eigenvalue weighted by Gasteiger charge is -2.05. The number of nitrogens with zero attached hydrogens (tertiary/aromatic N) is 2. The number of carbonyl (C=O) groups is 1. The van der Waals surface area contributed by atoms with Gasteiger partial charge in [-0.2, -0.15) is 5.10 Å². The third kappa shape index (κ3) is 5.54. The fourth-order valence-corrected chi connectivity index (χ4v) is 3.04. The van der Waals surface area contributed by atoms with E-state index in [9.17, 15) is 4.79 Å². The lowest BCUT2D eigenvalue weighted by Crippen LogP contribution is -2.10. The van der Waals surface area contributed by atoms with Gasteiger partial charge in [0.05, 0.1) is 19.0 Å². The molecular weight excluding hydrogens is 394 g/mol. The number of carbonyl (C=O) groups excluding carboxylic acids is 1. The first kappa shape index (κ1) is 20.3. The van der Waals surface area contributed by atoms with Gasteiger partial charge in [0.2, 0.25) is 0 Å². The van der Waals surface area contributed by atoms with Crippen LogP contribution in [-0.4, -0.2) is 22.8 Å². The Hall–Kier alpha value is -4.00. The van der Waals surface area contributed by atoms with Crippen molar-refractivity contribution in [1.82, 2.24) is 9.78 Å². The monoisotopic (exact) mass is 417 g/mol. The fourth-order valence-electron chi connectivity index (χ4n) is 3.04. The van der Waals surface area contributed by atoms with E-state index in [2.05, 4.69) is 22.5 Å². The molecule has 4 rings (SSSR count). The Morgan fingerprint density at radius 1 is 1.03 bits per heavy atom. The van der Waals surface area contributed by atoms with Gasteiger partial charge in [-0.3, -0.25) is 9.48 Å². The molecular formula is C24H23N3O4. The molecule has 0 aliphatic carbocycles. The molecule has 158 valence electrons. The topological polar surface area (TPSA) is 78.5 Å². The number of ether oxygens (including phenoxy) is 2. The molecule has 2 aromatic heterocycles. The first-order chi connectivity index (χ1) is 15.2. The van der Waals surface area contributed by atoms with E-state index in [-0.39, 0.29) is 18.3 Å². The van der Waals surface area contributed by atoms with Crippen molar-refractivity contribution in [2.24, 2.45) is 0 Å². The summed E-state index contributed by atoms with van der Waals surface area (Å²) in [5, 5.41) is 7.11. The zero-order valence-corrected chi connectivity index (χ0v) is 17.2. The van der Waals surface area contributed by atoms with Crippen molar-refractivity contribution in [3.05, 3.63) is 96.2 Å². The van der Waals surface area contributed by atoms with Gasteiger partial charge in [0.15, 0.2) is 5.76 Å². The summed E-state index contributed by atoms with van der Waals surface area (Å²) in [5.74, 6) is 1.88. The number of nitrogens with one attached hydrogen (secondary N) is 1. The minimum absolute atomic E-state index is 0.213. The molecule has 0 bridgehead atoms. The highest BCUT2D eigenvalue weighted by Gasteiger charge is 2.13. The molecule has 0 aliphatic heterocycles. The van der Waals surface area contributed by atoms with Crippen molar-refractivity contribution in [2.75, 3.05) is 12.4 Å². The normalized spacial score (nSPS) is 10.6. The van der Waals surface area contributed by atoms with Gasteiger partial charge >= 0.3 is 0 Å². The maximum absolute atomic E-state index is 12.5. The Morgan fingerprint density at radius 2 is 1.81 bits per heavy atom. The molecule has 1 N–H and O–H groups in total. The molecule has 0 fully saturated rings. The van der Waals surface area contributed by atoms with E-state index in [0.717, 1.165) is 18.7 Å². The van der Waals surface area contributed by atoms with Crippen LogP contribution >= 0.6 is 0 Å².